The van der Waals surface area contributed by atoms with Crippen LogP contribution in [0.5, 0.6) is 0 Å². The first-order valence-electron chi connectivity index (χ1n) is 27.9. The Morgan fingerprint density at radius 3 is 1.90 bits per heavy atom. The molecule has 8 fully saturated rings. The van der Waals surface area contributed by atoms with Crippen LogP contribution in [0.25, 0.3) is 0 Å². The summed E-state index contributed by atoms with van der Waals surface area (Å²) in [5.41, 5.74) is -4.72. The SMILES string of the molecule is CC(=O)O[C@H]1[C@H](O[C@@H]2[C@H](OC(=O)[C@]34CCC(C)(C)C[C@H]3C3=CC[C@@H]5[C@]6(C)C[C@H](O)[C@H](O[C@@H]7O[C@H](CO)[C@@H](O)[C@H](O)[C@H]7O)C(CO)(CO)[C@@H]6CC[C@@]5(C)[C@]3(C)C[C@H]4O)OC[C@H](O)[C@@H]2O)O[C@@H](C)[C@H](O[C@@H]2OC[C@@H](O)[C@H](O)[C@H]2O)[C@H]1O. The molecule has 9 aliphatic rings. The summed E-state index contributed by atoms with van der Waals surface area (Å²) in [4.78, 5) is 27.9. The second-order valence-corrected chi connectivity index (χ2v) is 25.9. The van der Waals surface area contributed by atoms with Crippen LogP contribution in [0.1, 0.15) is 99.8 Å². The van der Waals surface area contributed by atoms with E-state index in [-0.39, 0.29) is 30.6 Å². The Labute approximate surface area is 458 Å². The van der Waals surface area contributed by atoms with E-state index in [0.29, 0.717) is 32.1 Å². The molecule has 0 bridgehead atoms. The van der Waals surface area contributed by atoms with Gasteiger partial charge in [0.15, 0.2) is 31.1 Å². The molecule has 0 amide bonds. The van der Waals surface area contributed by atoms with Gasteiger partial charge in [-0.3, -0.25) is 9.59 Å². The van der Waals surface area contributed by atoms with E-state index >= 15 is 4.79 Å². The number of hydrogen-bond donors (Lipinski definition) is 14. The zero-order valence-electron chi connectivity index (χ0n) is 45.9. The second kappa shape index (κ2) is 22.4. The molecule has 14 N–H and O–H groups in total. The van der Waals surface area contributed by atoms with Gasteiger partial charge in [-0.05, 0) is 97.7 Å². The van der Waals surface area contributed by atoms with Crippen LogP contribution in [0.4, 0.5) is 0 Å². The van der Waals surface area contributed by atoms with Gasteiger partial charge in [0, 0.05) is 12.3 Å². The lowest BCUT2D eigenvalue weighted by atomic mass is 9.33. The Kier molecular flexibility index (Phi) is 17.4. The third kappa shape index (κ3) is 9.95. The minimum absolute atomic E-state index is 0.0867. The number of carbonyl (C=O) groups is 2. The summed E-state index contributed by atoms with van der Waals surface area (Å²) >= 11 is 0. The molecular formula is C54H86O25. The largest absolute Gasteiger partial charge is 0.454 e. The number of allylic oxidation sites excluding steroid dienone is 2. The maximum absolute atomic E-state index is 15.4. The topological polar surface area (TPSA) is 400 Å². The van der Waals surface area contributed by atoms with E-state index < -0.39 is 213 Å². The van der Waals surface area contributed by atoms with Crippen molar-refractivity contribution in [2.45, 2.75) is 229 Å². The number of fused-ring (bicyclic) bond motifs is 7. The van der Waals surface area contributed by atoms with Crippen molar-refractivity contribution in [2.24, 2.45) is 50.2 Å². The minimum Gasteiger partial charge on any atom is -0.454 e. The van der Waals surface area contributed by atoms with Crippen molar-refractivity contribution in [2.75, 3.05) is 33.0 Å². The van der Waals surface area contributed by atoms with Crippen LogP contribution in [0.15, 0.2) is 11.6 Å². The Bertz CT molecular complexity index is 2210. The van der Waals surface area contributed by atoms with Crippen LogP contribution in [0.3, 0.4) is 0 Å². The summed E-state index contributed by atoms with van der Waals surface area (Å²) in [7, 11) is 0. The van der Waals surface area contributed by atoms with Crippen molar-refractivity contribution < 1.29 is 124 Å². The molecule has 4 saturated heterocycles. The molecule has 5 aliphatic carbocycles. The Balaban J connectivity index is 0.986. The quantitative estimate of drug-likeness (QED) is 0.0518. The van der Waals surface area contributed by atoms with Crippen molar-refractivity contribution in [1.29, 1.82) is 0 Å². The Morgan fingerprint density at radius 2 is 1.25 bits per heavy atom. The summed E-state index contributed by atoms with van der Waals surface area (Å²) in [6.45, 7) is 10.0. The van der Waals surface area contributed by atoms with Gasteiger partial charge in [0.25, 0.3) is 0 Å². The molecule has 0 aromatic carbocycles. The van der Waals surface area contributed by atoms with Crippen LogP contribution < -0.4 is 0 Å². The molecule has 4 saturated carbocycles. The summed E-state index contributed by atoms with van der Waals surface area (Å²) in [6.07, 6.45) is -28.5. The molecule has 4 aliphatic heterocycles. The lowest BCUT2D eigenvalue weighted by molar-refractivity contribution is -0.369. The highest BCUT2D eigenvalue weighted by molar-refractivity contribution is 5.80. The predicted octanol–water partition coefficient (Wildman–Crippen LogP) is -3.27. The maximum Gasteiger partial charge on any atom is 0.317 e. The molecule has 0 radical (unpaired) electrons. The standard InChI is InChI=1S/C54H86O25/c1-22-40(76-44-37(67)33(63)27(60)18-71-44)39(69)42(74-23(2)58)47(73-22)77-41-34(64)28(61)19-72-46(41)79-48(70)54-13-12-49(3,4)14-25(54)24-8-9-30-50(5)15-26(59)43(78-45-38(68)36(66)35(65)29(17-55)75-45)53(20-56,21-57)31(50)10-11-51(30,6)52(24,7)16-32(54)62/h8,22,25-47,55-57,59-69H,9-21H2,1-7H3/t22-,25-,26-,27+,28-,29+,30+,31+,32+,33-,34-,35+,36-,37+,38+,39+,40-,41-,42+,43-,44-,45-,46-,47-,50-,51+,52+,54+/m0/s1. The van der Waals surface area contributed by atoms with E-state index in [9.17, 15) is 76.3 Å². The van der Waals surface area contributed by atoms with Gasteiger partial charge in [-0.2, -0.15) is 0 Å². The lowest BCUT2D eigenvalue weighted by Gasteiger charge is -2.72. The predicted molar refractivity (Wildman–Crippen MR) is 265 cm³/mol. The molecule has 0 aromatic heterocycles. The van der Waals surface area contributed by atoms with Crippen molar-refractivity contribution in [3.05, 3.63) is 11.6 Å². The number of ether oxygens (including phenoxy) is 9. The highest BCUT2D eigenvalue weighted by Crippen LogP contribution is 2.76. The first-order chi connectivity index (χ1) is 37.0. The number of rotatable bonds is 12. The first-order valence-corrected chi connectivity index (χ1v) is 27.9. The molecule has 452 valence electrons. The van der Waals surface area contributed by atoms with Crippen LogP contribution in [-0.4, -0.2) is 245 Å². The van der Waals surface area contributed by atoms with Gasteiger partial charge in [0.1, 0.15) is 72.6 Å². The zero-order chi connectivity index (χ0) is 57.9. The molecule has 4 heterocycles. The molecular weight excluding hydrogens is 1050 g/mol. The third-order valence-electron chi connectivity index (χ3n) is 21.1. The van der Waals surface area contributed by atoms with Gasteiger partial charge in [-0.1, -0.05) is 46.3 Å². The monoisotopic (exact) mass is 1130 g/mol. The molecule has 25 heteroatoms. The first kappa shape index (κ1) is 61.4. The average Bonchev–Trinajstić information content (AvgIpc) is 2.75. The summed E-state index contributed by atoms with van der Waals surface area (Å²) < 4.78 is 53.1. The van der Waals surface area contributed by atoms with Gasteiger partial charge < -0.3 is 114 Å². The molecule has 0 spiro atoms. The van der Waals surface area contributed by atoms with Crippen LogP contribution in [0.2, 0.25) is 0 Å². The molecule has 28 atom stereocenters. The van der Waals surface area contributed by atoms with E-state index in [4.69, 9.17) is 42.6 Å². The van der Waals surface area contributed by atoms with Gasteiger partial charge >= 0.3 is 11.9 Å². The number of esters is 2. The Morgan fingerprint density at radius 1 is 0.620 bits per heavy atom. The van der Waals surface area contributed by atoms with Gasteiger partial charge in [0.2, 0.25) is 6.29 Å². The van der Waals surface area contributed by atoms with Gasteiger partial charge in [0.05, 0.1) is 57.5 Å². The average molecular weight is 1140 g/mol. The number of aliphatic hydroxyl groups is 14. The highest BCUT2D eigenvalue weighted by Gasteiger charge is 2.74. The number of aliphatic hydroxyl groups excluding tert-OH is 14. The second-order valence-electron chi connectivity index (χ2n) is 25.9. The van der Waals surface area contributed by atoms with E-state index in [2.05, 4.69) is 33.8 Å². The summed E-state index contributed by atoms with van der Waals surface area (Å²) in [6, 6.07) is 0. The van der Waals surface area contributed by atoms with Crippen LogP contribution >= 0.6 is 0 Å². The summed E-state index contributed by atoms with van der Waals surface area (Å²) in [5.74, 6) is -3.11. The molecule has 0 aromatic rings. The highest BCUT2D eigenvalue weighted by atomic mass is 16.8. The van der Waals surface area contributed by atoms with Crippen molar-refractivity contribution in [3.63, 3.8) is 0 Å². The fraction of sp³-hybridized carbons (Fsp3) is 0.926. The van der Waals surface area contributed by atoms with Crippen molar-refractivity contribution >= 4 is 11.9 Å². The van der Waals surface area contributed by atoms with E-state index in [0.717, 1.165) is 12.5 Å². The molecule has 25 nitrogen and oxygen atoms in total. The van der Waals surface area contributed by atoms with Crippen LogP contribution in [-0.2, 0) is 52.2 Å². The van der Waals surface area contributed by atoms with E-state index in [1.807, 2.05) is 6.92 Å². The Hall–Kier alpha value is -2.16. The normalized spacial score (nSPS) is 52.3. The van der Waals surface area contributed by atoms with Crippen LogP contribution in [0, 0.1) is 50.2 Å². The fourth-order valence-electron chi connectivity index (χ4n) is 16.5. The van der Waals surface area contributed by atoms with E-state index in [1.165, 1.54) is 6.92 Å². The zero-order valence-corrected chi connectivity index (χ0v) is 45.9. The number of carbonyl (C=O) groups excluding carboxylic acids is 2. The third-order valence-corrected chi connectivity index (χ3v) is 21.1. The molecule has 9 rings (SSSR count). The smallest absolute Gasteiger partial charge is 0.317 e. The minimum atomic E-state index is -1.82. The van der Waals surface area contributed by atoms with Gasteiger partial charge in [-0.25, -0.2) is 0 Å². The summed E-state index contributed by atoms with van der Waals surface area (Å²) in [5, 5.41) is 155. The van der Waals surface area contributed by atoms with Crippen molar-refractivity contribution in [3.8, 4) is 0 Å². The lowest BCUT2D eigenvalue weighted by Crippen LogP contribution is -2.71. The van der Waals surface area contributed by atoms with Gasteiger partial charge in [-0.15, -0.1) is 0 Å². The van der Waals surface area contributed by atoms with E-state index in [1.54, 1.807) is 0 Å². The van der Waals surface area contributed by atoms with Crippen molar-refractivity contribution in [1.82, 2.24) is 0 Å². The molecule has 0 unspecified atom stereocenters. The maximum atomic E-state index is 15.4. The fourth-order valence-corrected chi connectivity index (χ4v) is 16.5. The number of hydrogen-bond acceptors (Lipinski definition) is 25. The molecule has 79 heavy (non-hydrogen) atoms.